The lowest BCUT2D eigenvalue weighted by atomic mass is 10.0. The van der Waals surface area contributed by atoms with E-state index in [2.05, 4.69) is 69.1 Å². The van der Waals surface area contributed by atoms with Crippen LogP contribution in [0.25, 0.3) is 15.6 Å². The van der Waals surface area contributed by atoms with E-state index >= 15 is 0 Å². The zero-order valence-electron chi connectivity index (χ0n) is 26.9. The molecule has 2 atom stereocenters. The molecule has 7 rings (SSSR count). The van der Waals surface area contributed by atoms with Crippen molar-refractivity contribution in [3.63, 3.8) is 0 Å². The van der Waals surface area contributed by atoms with Crippen molar-refractivity contribution in [1.29, 1.82) is 0 Å². The number of piperazine rings is 1. The normalized spacial score (nSPS) is 19.8. The van der Waals surface area contributed by atoms with E-state index in [1.807, 2.05) is 30.3 Å². The lowest BCUT2D eigenvalue weighted by molar-refractivity contribution is 0.0788. The van der Waals surface area contributed by atoms with Gasteiger partial charge in [-0.2, -0.15) is 9.97 Å². The molecule has 1 unspecified atom stereocenters. The Hall–Kier alpha value is -4.88. The highest BCUT2D eigenvalue weighted by Gasteiger charge is 2.36. The predicted octanol–water partition coefficient (Wildman–Crippen LogP) is 5.41. The molecule has 0 N–H and O–H groups in total. The SMILES string of the molecule is [C-]#[N+]CC1CN(c2nc(OC[C@@H]3CCCN3C)nc3c2CCN(c2cccc4ccccc24)C3)CCN1C(=O)OCc1ccccc1. The number of carbonyl (C=O) groups is 1. The Bertz CT molecular complexity index is 1760. The van der Waals surface area contributed by atoms with Crippen molar-refractivity contribution in [2.24, 2.45) is 0 Å². The molecule has 0 bridgehead atoms. The molecule has 47 heavy (non-hydrogen) atoms. The van der Waals surface area contributed by atoms with Crippen molar-refractivity contribution in [2.75, 3.05) is 62.7 Å². The summed E-state index contributed by atoms with van der Waals surface area (Å²) < 4.78 is 12.0. The van der Waals surface area contributed by atoms with Crippen LogP contribution in [-0.2, 0) is 24.3 Å². The van der Waals surface area contributed by atoms with Gasteiger partial charge in [-0.15, -0.1) is 0 Å². The molecule has 2 saturated heterocycles. The molecule has 0 saturated carbocycles. The van der Waals surface area contributed by atoms with Crippen LogP contribution in [0.5, 0.6) is 6.01 Å². The second kappa shape index (κ2) is 13.9. The molecule has 10 nitrogen and oxygen atoms in total. The number of likely N-dealkylation sites (tertiary alicyclic amines) is 1. The Morgan fingerprint density at radius 2 is 1.77 bits per heavy atom. The van der Waals surface area contributed by atoms with Gasteiger partial charge in [0.2, 0.25) is 6.54 Å². The number of likely N-dealkylation sites (N-methyl/N-ethyl adjacent to an activating group) is 1. The molecule has 4 aromatic rings. The smallest absolute Gasteiger partial charge is 0.410 e. The Morgan fingerprint density at radius 3 is 2.60 bits per heavy atom. The van der Waals surface area contributed by atoms with E-state index in [1.54, 1.807) is 4.90 Å². The van der Waals surface area contributed by atoms with Crippen molar-refractivity contribution in [3.8, 4) is 6.01 Å². The number of hydrogen-bond acceptors (Lipinski definition) is 8. The van der Waals surface area contributed by atoms with Gasteiger partial charge in [-0.25, -0.2) is 11.4 Å². The average molecular weight is 632 g/mol. The summed E-state index contributed by atoms with van der Waals surface area (Å²) in [6.45, 7) is 12.7. The number of nitrogens with zero attached hydrogens (tertiary/aromatic N) is 7. The number of rotatable bonds is 8. The molecular weight excluding hydrogens is 590 g/mol. The summed E-state index contributed by atoms with van der Waals surface area (Å²) in [5, 5.41) is 2.45. The quantitative estimate of drug-likeness (QED) is 0.239. The van der Waals surface area contributed by atoms with Gasteiger partial charge >= 0.3 is 12.1 Å². The Kier molecular flexibility index (Phi) is 9.07. The van der Waals surface area contributed by atoms with Gasteiger partial charge in [-0.3, -0.25) is 4.90 Å². The van der Waals surface area contributed by atoms with Crippen LogP contribution in [0.15, 0.2) is 72.8 Å². The molecule has 3 aliphatic rings. The van der Waals surface area contributed by atoms with Crippen molar-refractivity contribution < 1.29 is 14.3 Å². The third kappa shape index (κ3) is 6.67. The topological polar surface area (TPSA) is 78.6 Å². The molecule has 242 valence electrons. The number of aromatic nitrogens is 2. The van der Waals surface area contributed by atoms with Crippen LogP contribution in [0.3, 0.4) is 0 Å². The van der Waals surface area contributed by atoms with Crippen LogP contribution >= 0.6 is 0 Å². The number of amides is 1. The summed E-state index contributed by atoms with van der Waals surface area (Å²) in [5.74, 6) is 0.856. The number of ether oxygens (including phenoxy) is 2. The lowest BCUT2D eigenvalue weighted by Gasteiger charge is -2.40. The average Bonchev–Trinajstić information content (AvgIpc) is 3.53. The second-order valence-corrected chi connectivity index (χ2v) is 12.7. The first-order chi connectivity index (χ1) is 23.1. The standard InChI is InChI=1S/C37H41N7O3/c1-38-22-30-23-43(20-21-44(30)37(45)47-25-27-10-4-3-5-11-27)35-32-17-19-42(34-16-8-13-28-12-6-7-15-31(28)34)24-33(32)39-36(40-35)46-26-29-14-9-18-41(29)2/h3-8,10-13,15-16,29-30H,9,14,17-26H2,2H3/t29-,30?/m0/s1. The zero-order chi connectivity index (χ0) is 32.2. The van der Waals surface area contributed by atoms with Crippen molar-refractivity contribution in [2.45, 2.75) is 44.5 Å². The van der Waals surface area contributed by atoms with Gasteiger partial charge in [0.1, 0.15) is 25.1 Å². The maximum Gasteiger partial charge on any atom is 0.410 e. The largest absolute Gasteiger partial charge is 0.462 e. The van der Waals surface area contributed by atoms with Crippen molar-refractivity contribution in [1.82, 2.24) is 19.8 Å². The van der Waals surface area contributed by atoms with E-state index < -0.39 is 0 Å². The van der Waals surface area contributed by atoms with Crippen LogP contribution in [0.1, 0.15) is 29.7 Å². The summed E-state index contributed by atoms with van der Waals surface area (Å²) >= 11 is 0. The monoisotopic (exact) mass is 631 g/mol. The maximum atomic E-state index is 13.2. The van der Waals surface area contributed by atoms with Crippen molar-refractivity contribution >= 4 is 28.4 Å². The third-order valence-corrected chi connectivity index (χ3v) is 9.73. The summed E-state index contributed by atoms with van der Waals surface area (Å²) in [4.78, 5) is 35.6. The molecule has 1 amide bonds. The molecule has 4 heterocycles. The molecule has 2 fully saturated rings. The minimum absolute atomic E-state index is 0.191. The minimum Gasteiger partial charge on any atom is -0.462 e. The Morgan fingerprint density at radius 1 is 0.936 bits per heavy atom. The maximum absolute atomic E-state index is 13.2. The molecule has 3 aliphatic heterocycles. The molecule has 10 heteroatoms. The molecule has 3 aromatic carbocycles. The first-order valence-corrected chi connectivity index (χ1v) is 16.6. The predicted molar refractivity (Wildman–Crippen MR) is 183 cm³/mol. The first-order valence-electron chi connectivity index (χ1n) is 16.6. The van der Waals surface area contributed by atoms with Crippen LogP contribution < -0.4 is 14.5 Å². The Balaban J connectivity index is 1.15. The van der Waals surface area contributed by atoms with E-state index in [1.165, 1.54) is 22.9 Å². The summed E-state index contributed by atoms with van der Waals surface area (Å²) in [5.41, 5.74) is 4.22. The summed E-state index contributed by atoms with van der Waals surface area (Å²) in [7, 11) is 2.14. The summed E-state index contributed by atoms with van der Waals surface area (Å²) in [6, 6.07) is 25.0. The van der Waals surface area contributed by atoms with Crippen LogP contribution in [0.4, 0.5) is 16.3 Å². The van der Waals surface area contributed by atoms with Gasteiger partial charge in [0, 0.05) is 48.9 Å². The summed E-state index contributed by atoms with van der Waals surface area (Å²) in [6.07, 6.45) is 2.67. The van der Waals surface area contributed by atoms with Gasteiger partial charge in [-0.05, 0) is 49.9 Å². The van der Waals surface area contributed by atoms with Gasteiger partial charge in [-0.1, -0.05) is 66.7 Å². The highest BCUT2D eigenvalue weighted by Crippen LogP contribution is 2.35. The van der Waals surface area contributed by atoms with E-state index in [4.69, 9.17) is 26.0 Å². The van der Waals surface area contributed by atoms with Gasteiger partial charge < -0.3 is 29.0 Å². The van der Waals surface area contributed by atoms with Gasteiger partial charge in [0.25, 0.3) is 0 Å². The van der Waals surface area contributed by atoms with E-state index in [9.17, 15) is 4.79 Å². The van der Waals surface area contributed by atoms with E-state index in [0.717, 1.165) is 48.6 Å². The number of anilines is 2. The highest BCUT2D eigenvalue weighted by molar-refractivity contribution is 5.94. The van der Waals surface area contributed by atoms with E-state index in [-0.39, 0.29) is 25.3 Å². The van der Waals surface area contributed by atoms with Crippen LogP contribution in [0, 0.1) is 6.57 Å². The van der Waals surface area contributed by atoms with Gasteiger partial charge in [0.15, 0.2) is 0 Å². The lowest BCUT2D eigenvalue weighted by Crippen LogP contribution is -2.57. The van der Waals surface area contributed by atoms with Crippen molar-refractivity contribution in [3.05, 3.63) is 101 Å². The van der Waals surface area contributed by atoms with Gasteiger partial charge in [0.05, 0.1) is 12.2 Å². The number of carbonyl (C=O) groups excluding carboxylic acids is 1. The number of hydrogen-bond donors (Lipinski definition) is 0. The highest BCUT2D eigenvalue weighted by atomic mass is 16.6. The fourth-order valence-corrected chi connectivity index (χ4v) is 7.12. The Labute approximate surface area is 276 Å². The second-order valence-electron chi connectivity index (χ2n) is 12.7. The third-order valence-electron chi connectivity index (χ3n) is 9.73. The van der Waals surface area contributed by atoms with Crippen LogP contribution in [0.2, 0.25) is 0 Å². The fourth-order valence-electron chi connectivity index (χ4n) is 7.12. The minimum atomic E-state index is -0.387. The molecule has 1 aromatic heterocycles. The molecule has 0 radical (unpaired) electrons. The number of benzene rings is 3. The molecule has 0 spiro atoms. The molecule has 0 aliphatic carbocycles. The number of fused-ring (bicyclic) bond motifs is 2. The van der Waals surface area contributed by atoms with E-state index in [0.29, 0.717) is 44.8 Å². The molecular formula is C37H41N7O3. The zero-order valence-corrected chi connectivity index (χ0v) is 26.9. The fraction of sp³-hybridized carbons (Fsp3) is 0.405. The van der Waals surface area contributed by atoms with Crippen LogP contribution in [-0.4, -0.2) is 90.9 Å². The first kappa shape index (κ1) is 30.8.